The smallest absolute Gasteiger partial charge is 0.234 e. The number of nitrogens with zero attached hydrogens (tertiary/aromatic N) is 4. The molecule has 5 rings (SSSR count). The molecule has 1 saturated carbocycles. The van der Waals surface area contributed by atoms with E-state index in [0.717, 1.165) is 44.2 Å². The summed E-state index contributed by atoms with van der Waals surface area (Å²) in [4.78, 5) is 11.6. The summed E-state index contributed by atoms with van der Waals surface area (Å²) in [5.41, 5.74) is 2.06. The van der Waals surface area contributed by atoms with Crippen molar-refractivity contribution >= 4 is 5.69 Å². The van der Waals surface area contributed by atoms with Crippen LogP contribution in [0.5, 0.6) is 0 Å². The van der Waals surface area contributed by atoms with Crippen LogP contribution in [-0.2, 0) is 5.41 Å². The fourth-order valence-electron chi connectivity index (χ4n) is 4.26. The van der Waals surface area contributed by atoms with Crippen LogP contribution < -0.4 is 10.2 Å². The van der Waals surface area contributed by atoms with Crippen LogP contribution in [0.3, 0.4) is 0 Å². The largest absolute Gasteiger partial charge is 0.370 e. The molecule has 2 aliphatic heterocycles. The van der Waals surface area contributed by atoms with E-state index in [2.05, 4.69) is 31.4 Å². The van der Waals surface area contributed by atoms with Crippen LogP contribution in [0, 0.1) is 5.92 Å². The first-order chi connectivity index (χ1) is 11.4. The van der Waals surface area contributed by atoms with Gasteiger partial charge in [0.25, 0.3) is 0 Å². The molecule has 4 heterocycles. The minimum Gasteiger partial charge on any atom is -0.370 e. The molecule has 0 amide bonds. The Kier molecular flexibility index (Phi) is 2.95. The minimum absolute atomic E-state index is 0.0841. The second-order valence-electron chi connectivity index (χ2n) is 7.04. The van der Waals surface area contributed by atoms with Gasteiger partial charge in [-0.3, -0.25) is 4.98 Å². The summed E-state index contributed by atoms with van der Waals surface area (Å²) in [5, 5.41) is 7.64. The van der Waals surface area contributed by atoms with Crippen LogP contribution in [-0.4, -0.2) is 41.3 Å². The van der Waals surface area contributed by atoms with Crippen molar-refractivity contribution in [1.82, 2.24) is 20.4 Å². The highest BCUT2D eigenvalue weighted by Crippen LogP contribution is 2.50. The van der Waals surface area contributed by atoms with E-state index >= 15 is 0 Å². The SMILES string of the molecule is c1cc(-c2noc([C@]34CC[C@H]3CNC4)n2)ncc1N1CCCC1. The number of hydrogen-bond donors (Lipinski definition) is 1. The molecule has 2 aromatic heterocycles. The lowest BCUT2D eigenvalue weighted by molar-refractivity contribution is 0.131. The highest BCUT2D eigenvalue weighted by Gasteiger charge is 2.54. The molecule has 3 fully saturated rings. The first-order valence-electron chi connectivity index (χ1n) is 8.61. The molecule has 3 aliphatic rings. The van der Waals surface area contributed by atoms with Gasteiger partial charge in [0.2, 0.25) is 11.7 Å². The van der Waals surface area contributed by atoms with Crippen LogP contribution >= 0.6 is 0 Å². The monoisotopic (exact) mass is 311 g/mol. The van der Waals surface area contributed by atoms with Crippen molar-refractivity contribution in [2.75, 3.05) is 31.1 Å². The van der Waals surface area contributed by atoms with E-state index in [0.29, 0.717) is 11.7 Å². The second-order valence-corrected chi connectivity index (χ2v) is 7.04. The van der Waals surface area contributed by atoms with Gasteiger partial charge in [-0.2, -0.15) is 4.98 Å². The van der Waals surface area contributed by atoms with Crippen molar-refractivity contribution in [2.45, 2.75) is 31.1 Å². The number of anilines is 1. The summed E-state index contributed by atoms with van der Waals surface area (Å²) < 4.78 is 5.61. The fourth-order valence-corrected chi connectivity index (χ4v) is 4.26. The predicted molar refractivity (Wildman–Crippen MR) is 86.2 cm³/mol. The van der Waals surface area contributed by atoms with Gasteiger partial charge in [-0.1, -0.05) is 5.16 Å². The Morgan fingerprint density at radius 3 is 2.87 bits per heavy atom. The molecule has 0 aromatic carbocycles. The van der Waals surface area contributed by atoms with Crippen molar-refractivity contribution in [3.8, 4) is 11.5 Å². The Morgan fingerprint density at radius 1 is 1.26 bits per heavy atom. The summed E-state index contributed by atoms with van der Waals surface area (Å²) >= 11 is 0. The second kappa shape index (κ2) is 5.03. The molecule has 0 spiro atoms. The van der Waals surface area contributed by atoms with Gasteiger partial charge in [0.1, 0.15) is 5.69 Å². The van der Waals surface area contributed by atoms with Gasteiger partial charge < -0.3 is 14.7 Å². The molecule has 1 N–H and O–H groups in total. The molecule has 6 heteroatoms. The first kappa shape index (κ1) is 13.5. The van der Waals surface area contributed by atoms with Gasteiger partial charge in [-0.15, -0.1) is 0 Å². The molecule has 0 radical (unpaired) electrons. The molecule has 120 valence electrons. The van der Waals surface area contributed by atoms with Crippen LogP contribution in [0.15, 0.2) is 22.9 Å². The lowest BCUT2D eigenvalue weighted by Crippen LogP contribution is -2.43. The van der Waals surface area contributed by atoms with Gasteiger partial charge in [-0.05, 0) is 50.3 Å². The van der Waals surface area contributed by atoms with Gasteiger partial charge in [0.15, 0.2) is 0 Å². The van der Waals surface area contributed by atoms with Crippen molar-refractivity contribution in [3.05, 3.63) is 24.2 Å². The predicted octanol–water partition coefficient (Wildman–Crippen LogP) is 1.98. The molecular formula is C17H21N5O. The summed E-state index contributed by atoms with van der Waals surface area (Å²) in [7, 11) is 0. The zero-order valence-corrected chi connectivity index (χ0v) is 13.2. The number of pyridine rings is 1. The zero-order valence-electron chi connectivity index (χ0n) is 13.2. The average molecular weight is 311 g/mol. The number of rotatable bonds is 3. The highest BCUT2D eigenvalue weighted by molar-refractivity contribution is 5.54. The van der Waals surface area contributed by atoms with Crippen LogP contribution in [0.2, 0.25) is 0 Å². The molecule has 0 unspecified atom stereocenters. The minimum atomic E-state index is 0.0841. The van der Waals surface area contributed by atoms with Crippen molar-refractivity contribution < 1.29 is 4.52 Å². The van der Waals surface area contributed by atoms with E-state index in [9.17, 15) is 0 Å². The lowest BCUT2D eigenvalue weighted by Gasteiger charge is -2.40. The molecule has 2 saturated heterocycles. The number of nitrogens with one attached hydrogen (secondary N) is 1. The van der Waals surface area contributed by atoms with E-state index in [4.69, 9.17) is 4.52 Å². The van der Waals surface area contributed by atoms with Crippen LogP contribution in [0.25, 0.3) is 11.5 Å². The number of aromatic nitrogens is 3. The van der Waals surface area contributed by atoms with Crippen molar-refractivity contribution in [2.24, 2.45) is 5.92 Å². The van der Waals surface area contributed by atoms with Crippen LogP contribution in [0.4, 0.5) is 5.69 Å². The Balaban J connectivity index is 1.40. The number of hydrogen-bond acceptors (Lipinski definition) is 6. The molecular weight excluding hydrogens is 290 g/mol. The van der Waals surface area contributed by atoms with E-state index in [1.165, 1.54) is 24.9 Å². The highest BCUT2D eigenvalue weighted by atomic mass is 16.5. The van der Waals surface area contributed by atoms with Crippen LogP contribution in [0.1, 0.15) is 31.6 Å². The quantitative estimate of drug-likeness (QED) is 0.935. The maximum absolute atomic E-state index is 5.61. The molecule has 1 aliphatic carbocycles. The molecule has 6 nitrogen and oxygen atoms in total. The number of fused-ring (bicyclic) bond motifs is 1. The maximum Gasteiger partial charge on any atom is 0.234 e. The lowest BCUT2D eigenvalue weighted by atomic mass is 9.62. The van der Waals surface area contributed by atoms with Gasteiger partial charge in [0.05, 0.1) is 17.3 Å². The van der Waals surface area contributed by atoms with Crippen molar-refractivity contribution in [3.63, 3.8) is 0 Å². The Labute approximate surface area is 135 Å². The topological polar surface area (TPSA) is 67.1 Å². The normalized spacial score (nSPS) is 29.6. The van der Waals surface area contributed by atoms with E-state index < -0.39 is 0 Å². The van der Waals surface area contributed by atoms with E-state index in [-0.39, 0.29) is 5.41 Å². The average Bonchev–Trinajstić information content (AvgIpc) is 3.29. The Hall–Kier alpha value is -1.95. The maximum atomic E-state index is 5.61. The fraction of sp³-hybridized carbons (Fsp3) is 0.588. The molecule has 0 bridgehead atoms. The first-order valence-corrected chi connectivity index (χ1v) is 8.61. The summed E-state index contributed by atoms with van der Waals surface area (Å²) in [6.07, 6.45) is 6.87. The third-order valence-corrected chi connectivity index (χ3v) is 5.85. The summed E-state index contributed by atoms with van der Waals surface area (Å²) in [6.45, 7) is 4.29. The summed E-state index contributed by atoms with van der Waals surface area (Å²) in [5.74, 6) is 2.06. The Bertz CT molecular complexity index is 706. The molecule has 23 heavy (non-hydrogen) atoms. The van der Waals surface area contributed by atoms with Gasteiger partial charge in [0, 0.05) is 19.6 Å². The van der Waals surface area contributed by atoms with Crippen molar-refractivity contribution in [1.29, 1.82) is 0 Å². The molecule has 2 atom stereocenters. The zero-order chi connectivity index (χ0) is 15.3. The molecule has 2 aromatic rings. The third-order valence-electron chi connectivity index (χ3n) is 5.85. The summed E-state index contributed by atoms with van der Waals surface area (Å²) in [6, 6.07) is 4.12. The van der Waals surface area contributed by atoms with Gasteiger partial charge in [-0.25, -0.2) is 0 Å². The van der Waals surface area contributed by atoms with E-state index in [1.807, 2.05) is 12.3 Å². The van der Waals surface area contributed by atoms with E-state index in [1.54, 1.807) is 0 Å². The standard InChI is InChI=1S/C17H21N5O/c1-2-8-22(7-1)13-3-4-14(19-10-13)15-20-16(23-21-15)17-6-5-12(17)9-18-11-17/h3-4,10,12,18H,1-2,5-9,11H2/t12-,17-/m0/s1. The Morgan fingerprint density at radius 2 is 2.17 bits per heavy atom. The van der Waals surface area contributed by atoms with Gasteiger partial charge >= 0.3 is 0 Å². The third kappa shape index (κ3) is 2.01.